The van der Waals surface area contributed by atoms with Crippen molar-refractivity contribution in [3.63, 3.8) is 0 Å². The number of pyridine rings is 2. The van der Waals surface area contributed by atoms with Crippen LogP contribution in [-0.2, 0) is 6.18 Å². The smallest absolute Gasteiger partial charge is 0.324 e. The van der Waals surface area contributed by atoms with Crippen LogP contribution in [0.15, 0.2) is 65.6 Å². The molecule has 4 aromatic rings. The molecule has 0 amide bonds. The zero-order valence-electron chi connectivity index (χ0n) is 14.5. The second-order valence-corrected chi connectivity index (χ2v) is 6.34. The van der Waals surface area contributed by atoms with Gasteiger partial charge in [0.25, 0.3) is 0 Å². The van der Waals surface area contributed by atoms with E-state index < -0.39 is 17.6 Å². The average molecular weight is 418 g/mol. The molecule has 0 radical (unpaired) electrons. The number of nitrogens with zero attached hydrogens (tertiary/aromatic N) is 4. The topological polar surface area (TPSA) is 72.7 Å². The molecule has 3 aromatic heterocycles. The van der Waals surface area contributed by atoms with Gasteiger partial charge in [0.05, 0.1) is 16.1 Å². The molecular formula is C19H11ClF3N5O. The molecule has 1 aromatic carbocycles. The number of halogens is 4. The maximum Gasteiger partial charge on any atom is 0.433 e. The van der Waals surface area contributed by atoms with Crippen LogP contribution in [0.5, 0.6) is 0 Å². The minimum atomic E-state index is -4.69. The number of benzene rings is 1. The fourth-order valence-electron chi connectivity index (χ4n) is 2.76. The van der Waals surface area contributed by atoms with Gasteiger partial charge in [0, 0.05) is 6.20 Å². The van der Waals surface area contributed by atoms with Crippen LogP contribution in [0, 0.1) is 0 Å². The molecule has 0 fully saturated rings. The fourth-order valence-corrected chi connectivity index (χ4v) is 2.98. The maximum absolute atomic E-state index is 13.3. The van der Waals surface area contributed by atoms with E-state index in [-0.39, 0.29) is 27.6 Å². The maximum atomic E-state index is 13.3. The monoisotopic (exact) mass is 417 g/mol. The van der Waals surface area contributed by atoms with Crippen LogP contribution in [0.2, 0.25) is 5.02 Å². The number of aromatic nitrogens is 4. The van der Waals surface area contributed by atoms with Crippen LogP contribution in [0.3, 0.4) is 0 Å². The van der Waals surface area contributed by atoms with Crippen molar-refractivity contribution in [1.82, 2.24) is 19.5 Å². The van der Waals surface area contributed by atoms with Gasteiger partial charge >= 0.3 is 11.9 Å². The highest BCUT2D eigenvalue weighted by molar-refractivity contribution is 6.32. The highest BCUT2D eigenvalue weighted by atomic mass is 35.5. The predicted molar refractivity (Wildman–Crippen MR) is 103 cm³/mol. The van der Waals surface area contributed by atoms with Gasteiger partial charge in [-0.15, -0.1) is 0 Å². The molecule has 6 nitrogen and oxygen atoms in total. The molecule has 1 N–H and O–H groups in total. The van der Waals surface area contributed by atoms with Crippen LogP contribution in [-0.4, -0.2) is 19.5 Å². The lowest BCUT2D eigenvalue weighted by Gasteiger charge is -2.15. The fraction of sp³-hybridized carbons (Fsp3) is 0.0526. The molecule has 0 atom stereocenters. The summed E-state index contributed by atoms with van der Waals surface area (Å²) in [5.74, 6) is 0.407. The molecule has 0 aliphatic rings. The molecule has 10 heteroatoms. The molecule has 0 aliphatic heterocycles. The highest BCUT2D eigenvalue weighted by Crippen LogP contribution is 2.31. The van der Waals surface area contributed by atoms with Gasteiger partial charge in [-0.25, -0.2) is 19.3 Å². The quantitative estimate of drug-likeness (QED) is 0.527. The molecule has 3 heterocycles. The number of anilines is 2. The Bertz CT molecular complexity index is 1260. The first kappa shape index (κ1) is 18.9. The first-order valence-corrected chi connectivity index (χ1v) is 8.66. The zero-order chi connectivity index (χ0) is 20.6. The van der Waals surface area contributed by atoms with Gasteiger partial charge in [-0.2, -0.15) is 18.2 Å². The lowest BCUT2D eigenvalue weighted by molar-refractivity contribution is -0.141. The Balaban J connectivity index is 2.03. The standard InChI is InChI=1S/C19H11ClF3N5O/c20-12-5-1-2-6-13(12)28-17-11(8-9-14(25-17)19(21,22)23)16(27-18(28)29)26-15-7-3-4-10-24-15/h1-10H,(H,24,26,27,29). The number of nitrogens with one attached hydrogen (secondary N) is 1. The molecule has 4 rings (SSSR count). The average Bonchev–Trinajstić information content (AvgIpc) is 2.69. The highest BCUT2D eigenvalue weighted by Gasteiger charge is 2.33. The second-order valence-electron chi connectivity index (χ2n) is 5.94. The van der Waals surface area contributed by atoms with E-state index in [2.05, 4.69) is 20.3 Å². The van der Waals surface area contributed by atoms with E-state index in [1.807, 2.05) is 0 Å². The zero-order valence-corrected chi connectivity index (χ0v) is 15.2. The Hall–Kier alpha value is -3.46. The third kappa shape index (κ3) is 3.64. The minimum absolute atomic E-state index is 0.0354. The van der Waals surface area contributed by atoms with Gasteiger partial charge in [-0.3, -0.25) is 0 Å². The second kappa shape index (κ2) is 7.17. The third-order valence-corrected chi connectivity index (χ3v) is 4.36. The van der Waals surface area contributed by atoms with E-state index in [1.165, 1.54) is 24.4 Å². The summed E-state index contributed by atoms with van der Waals surface area (Å²) in [7, 11) is 0. The predicted octanol–water partition coefficient (Wildman–Crippen LogP) is 4.59. The first-order valence-electron chi connectivity index (χ1n) is 8.28. The Morgan fingerprint density at radius 3 is 2.41 bits per heavy atom. The first-order chi connectivity index (χ1) is 13.8. The number of fused-ring (bicyclic) bond motifs is 1. The van der Waals surface area contributed by atoms with Gasteiger partial charge in [0.2, 0.25) is 0 Å². The van der Waals surface area contributed by atoms with Crippen LogP contribution in [0.4, 0.5) is 24.8 Å². The van der Waals surface area contributed by atoms with Crippen molar-refractivity contribution in [3.05, 3.63) is 82.0 Å². The van der Waals surface area contributed by atoms with Crippen molar-refractivity contribution in [2.75, 3.05) is 5.32 Å². The summed E-state index contributed by atoms with van der Waals surface area (Å²) in [6, 6.07) is 13.3. The van der Waals surface area contributed by atoms with E-state index >= 15 is 0 Å². The van der Waals surface area contributed by atoms with Gasteiger partial charge in [-0.05, 0) is 36.4 Å². The van der Waals surface area contributed by atoms with Crippen molar-refractivity contribution < 1.29 is 13.2 Å². The summed E-state index contributed by atoms with van der Waals surface area (Å²) in [6.07, 6.45) is -3.16. The Morgan fingerprint density at radius 1 is 0.966 bits per heavy atom. The molecule has 0 saturated carbocycles. The van der Waals surface area contributed by atoms with E-state index in [4.69, 9.17) is 11.6 Å². The summed E-state index contributed by atoms with van der Waals surface area (Å²) in [5.41, 5.74) is -2.03. The Labute approximate surface area is 166 Å². The van der Waals surface area contributed by atoms with E-state index in [0.29, 0.717) is 5.82 Å². The molecule has 146 valence electrons. The Kier molecular flexibility index (Phi) is 4.67. The van der Waals surface area contributed by atoms with Crippen LogP contribution >= 0.6 is 11.6 Å². The molecule has 0 aliphatic carbocycles. The number of para-hydroxylation sites is 1. The molecule has 0 saturated heterocycles. The SMILES string of the molecule is O=c1nc(Nc2ccccn2)c2ccc(C(F)(F)F)nc2n1-c1ccccc1Cl. The van der Waals surface area contributed by atoms with Crippen molar-refractivity contribution in [2.24, 2.45) is 0 Å². The summed E-state index contributed by atoms with van der Waals surface area (Å²) < 4.78 is 40.7. The van der Waals surface area contributed by atoms with Crippen LogP contribution < -0.4 is 11.0 Å². The summed E-state index contributed by atoms with van der Waals surface area (Å²) in [5, 5.41) is 3.22. The summed E-state index contributed by atoms with van der Waals surface area (Å²) >= 11 is 6.17. The van der Waals surface area contributed by atoms with Gasteiger partial charge < -0.3 is 5.32 Å². The Morgan fingerprint density at radius 2 is 1.72 bits per heavy atom. The minimum Gasteiger partial charge on any atom is -0.324 e. The largest absolute Gasteiger partial charge is 0.433 e. The lowest BCUT2D eigenvalue weighted by Crippen LogP contribution is -2.25. The number of rotatable bonds is 3. The number of hydrogen-bond acceptors (Lipinski definition) is 5. The summed E-state index contributed by atoms with van der Waals surface area (Å²) in [6.45, 7) is 0. The number of alkyl halides is 3. The normalized spacial score (nSPS) is 11.6. The van der Waals surface area contributed by atoms with Gasteiger partial charge in [0.15, 0.2) is 5.65 Å². The van der Waals surface area contributed by atoms with Crippen molar-refractivity contribution >= 4 is 34.3 Å². The van der Waals surface area contributed by atoms with Gasteiger partial charge in [0.1, 0.15) is 17.3 Å². The van der Waals surface area contributed by atoms with E-state index in [1.54, 1.807) is 30.3 Å². The van der Waals surface area contributed by atoms with Crippen LogP contribution in [0.1, 0.15) is 5.69 Å². The molecule has 29 heavy (non-hydrogen) atoms. The summed E-state index contributed by atoms with van der Waals surface area (Å²) in [4.78, 5) is 24.5. The van der Waals surface area contributed by atoms with Gasteiger partial charge in [-0.1, -0.05) is 29.8 Å². The molecular weight excluding hydrogens is 407 g/mol. The molecule has 0 spiro atoms. The van der Waals surface area contributed by atoms with Crippen molar-refractivity contribution in [2.45, 2.75) is 6.18 Å². The van der Waals surface area contributed by atoms with Crippen LogP contribution in [0.25, 0.3) is 16.7 Å². The molecule has 0 bridgehead atoms. The van der Waals surface area contributed by atoms with E-state index in [0.717, 1.165) is 10.6 Å². The van der Waals surface area contributed by atoms with E-state index in [9.17, 15) is 18.0 Å². The third-order valence-electron chi connectivity index (χ3n) is 4.04. The lowest BCUT2D eigenvalue weighted by atomic mass is 10.2. The molecule has 0 unspecified atom stereocenters. The van der Waals surface area contributed by atoms with Crippen molar-refractivity contribution in [1.29, 1.82) is 0 Å². The number of hydrogen-bond donors (Lipinski definition) is 1. The van der Waals surface area contributed by atoms with Crippen molar-refractivity contribution in [3.8, 4) is 5.69 Å².